The minimum atomic E-state index is -0.193. The lowest BCUT2D eigenvalue weighted by Gasteiger charge is -2.35. The van der Waals surface area contributed by atoms with Crippen LogP contribution < -0.4 is 5.32 Å². The highest BCUT2D eigenvalue weighted by Gasteiger charge is 2.31. The van der Waals surface area contributed by atoms with Crippen molar-refractivity contribution in [1.29, 1.82) is 0 Å². The first kappa shape index (κ1) is 15.7. The third kappa shape index (κ3) is 3.33. The van der Waals surface area contributed by atoms with Crippen LogP contribution in [0.25, 0.3) is 0 Å². The Hall–Kier alpha value is -1.67. The molecule has 0 aliphatic rings. The molecule has 0 fully saturated rings. The second kappa shape index (κ2) is 5.98. The Labute approximate surface area is 127 Å². The summed E-state index contributed by atoms with van der Waals surface area (Å²) in [6, 6.07) is 13.6. The summed E-state index contributed by atoms with van der Waals surface area (Å²) < 4.78 is 13.2. The number of likely N-dealkylation sites (N-methyl/N-ethyl adjacent to an activating group) is 1. The predicted octanol–water partition coefficient (Wildman–Crippen LogP) is 4.68. The second-order valence-corrected chi connectivity index (χ2v) is 6.37. The lowest BCUT2D eigenvalue weighted by molar-refractivity contribution is 0.368. The van der Waals surface area contributed by atoms with Crippen LogP contribution in [0, 0.1) is 19.7 Å². The minimum Gasteiger partial charge on any atom is -0.312 e. The summed E-state index contributed by atoms with van der Waals surface area (Å²) >= 11 is 0. The molecule has 0 aliphatic heterocycles. The lowest BCUT2D eigenvalue weighted by Crippen LogP contribution is -2.35. The summed E-state index contributed by atoms with van der Waals surface area (Å²) in [5.41, 5.74) is 4.79. The first-order chi connectivity index (χ1) is 9.84. The van der Waals surface area contributed by atoms with E-state index in [9.17, 15) is 4.39 Å². The van der Waals surface area contributed by atoms with Crippen molar-refractivity contribution < 1.29 is 4.39 Å². The third-order valence-corrected chi connectivity index (χ3v) is 4.18. The van der Waals surface area contributed by atoms with Gasteiger partial charge in [-0.3, -0.25) is 0 Å². The van der Waals surface area contributed by atoms with Crippen molar-refractivity contribution in [2.75, 3.05) is 7.05 Å². The van der Waals surface area contributed by atoms with E-state index in [1.54, 1.807) is 0 Å². The highest BCUT2D eigenvalue weighted by molar-refractivity contribution is 5.36. The molecule has 1 unspecified atom stereocenters. The third-order valence-electron chi connectivity index (χ3n) is 4.18. The Morgan fingerprint density at radius 2 is 1.48 bits per heavy atom. The van der Waals surface area contributed by atoms with Crippen LogP contribution >= 0.6 is 0 Å². The summed E-state index contributed by atoms with van der Waals surface area (Å²) in [7, 11) is 1.98. The molecule has 0 radical (unpaired) electrons. The predicted molar refractivity (Wildman–Crippen MR) is 87.1 cm³/mol. The smallest absolute Gasteiger partial charge is 0.123 e. The SMILES string of the molecule is CNC(c1cc(C)cc(C)c1)C(C)(C)c1ccc(F)cc1. The van der Waals surface area contributed by atoms with Crippen molar-refractivity contribution in [3.63, 3.8) is 0 Å². The molecule has 0 aromatic heterocycles. The monoisotopic (exact) mass is 285 g/mol. The van der Waals surface area contributed by atoms with E-state index in [-0.39, 0.29) is 17.3 Å². The highest BCUT2D eigenvalue weighted by atomic mass is 19.1. The van der Waals surface area contributed by atoms with Crippen molar-refractivity contribution in [3.8, 4) is 0 Å². The Bertz CT molecular complexity index is 594. The van der Waals surface area contributed by atoms with Crippen LogP contribution in [0.3, 0.4) is 0 Å². The van der Waals surface area contributed by atoms with Gasteiger partial charge in [0.05, 0.1) is 0 Å². The van der Waals surface area contributed by atoms with Crippen LogP contribution in [0.15, 0.2) is 42.5 Å². The van der Waals surface area contributed by atoms with E-state index in [0.717, 1.165) is 5.56 Å². The van der Waals surface area contributed by atoms with Crippen molar-refractivity contribution in [1.82, 2.24) is 5.32 Å². The molecular weight excluding hydrogens is 261 g/mol. The zero-order valence-corrected chi connectivity index (χ0v) is 13.5. The molecule has 0 amide bonds. The van der Waals surface area contributed by atoms with E-state index >= 15 is 0 Å². The fourth-order valence-electron chi connectivity index (χ4n) is 3.17. The molecule has 0 spiro atoms. The zero-order chi connectivity index (χ0) is 15.6. The largest absolute Gasteiger partial charge is 0.312 e. The van der Waals surface area contributed by atoms with Gasteiger partial charge in [0.25, 0.3) is 0 Å². The summed E-state index contributed by atoms with van der Waals surface area (Å²) in [5, 5.41) is 3.43. The van der Waals surface area contributed by atoms with Crippen molar-refractivity contribution in [2.45, 2.75) is 39.2 Å². The molecule has 0 bridgehead atoms. The van der Waals surface area contributed by atoms with Gasteiger partial charge in [-0.15, -0.1) is 0 Å². The molecule has 1 nitrogen and oxygen atoms in total. The van der Waals surface area contributed by atoms with Gasteiger partial charge in [-0.2, -0.15) is 0 Å². The van der Waals surface area contributed by atoms with Crippen LogP contribution in [-0.4, -0.2) is 7.05 Å². The van der Waals surface area contributed by atoms with Crippen LogP contribution in [0.2, 0.25) is 0 Å². The Morgan fingerprint density at radius 1 is 0.952 bits per heavy atom. The van der Waals surface area contributed by atoms with E-state index in [0.29, 0.717) is 0 Å². The second-order valence-electron chi connectivity index (χ2n) is 6.37. The zero-order valence-electron chi connectivity index (χ0n) is 13.5. The molecular formula is C19H24FN. The Kier molecular flexibility index (Phi) is 4.48. The fourth-order valence-corrected chi connectivity index (χ4v) is 3.17. The van der Waals surface area contributed by atoms with Gasteiger partial charge in [0.15, 0.2) is 0 Å². The van der Waals surface area contributed by atoms with Crippen molar-refractivity contribution >= 4 is 0 Å². The van der Waals surface area contributed by atoms with Gasteiger partial charge in [-0.25, -0.2) is 4.39 Å². The lowest BCUT2D eigenvalue weighted by atomic mass is 9.74. The van der Waals surface area contributed by atoms with Crippen LogP contribution in [0.4, 0.5) is 4.39 Å². The Morgan fingerprint density at radius 3 is 1.95 bits per heavy atom. The first-order valence-corrected chi connectivity index (χ1v) is 7.36. The highest BCUT2D eigenvalue weighted by Crippen LogP contribution is 2.37. The summed E-state index contributed by atoms with van der Waals surface area (Å²) in [5.74, 6) is -0.193. The summed E-state index contributed by atoms with van der Waals surface area (Å²) in [6.45, 7) is 8.63. The van der Waals surface area contributed by atoms with E-state index < -0.39 is 0 Å². The number of halogens is 1. The standard InChI is InChI=1S/C19H24FN/c1-13-10-14(2)12-15(11-13)18(21-5)19(3,4)16-6-8-17(20)9-7-16/h6-12,18,21H,1-5H3. The van der Waals surface area contributed by atoms with Crippen molar-refractivity contribution in [2.24, 2.45) is 0 Å². The van der Waals surface area contributed by atoms with Gasteiger partial charge in [-0.1, -0.05) is 55.3 Å². The van der Waals surface area contributed by atoms with Gasteiger partial charge < -0.3 is 5.32 Å². The van der Waals surface area contributed by atoms with Crippen LogP contribution in [0.5, 0.6) is 0 Å². The van der Waals surface area contributed by atoms with Gasteiger partial charge >= 0.3 is 0 Å². The molecule has 1 N–H and O–H groups in total. The average molecular weight is 285 g/mol. The quantitative estimate of drug-likeness (QED) is 0.860. The number of aryl methyl sites for hydroxylation is 2. The molecule has 0 aliphatic carbocycles. The maximum Gasteiger partial charge on any atom is 0.123 e. The summed E-state index contributed by atoms with van der Waals surface area (Å²) in [4.78, 5) is 0. The van der Waals surface area contributed by atoms with Gasteiger partial charge in [0.2, 0.25) is 0 Å². The fraction of sp³-hybridized carbons (Fsp3) is 0.368. The molecule has 1 atom stereocenters. The van der Waals surface area contributed by atoms with E-state index in [4.69, 9.17) is 0 Å². The Balaban J connectivity index is 2.45. The average Bonchev–Trinajstić information content (AvgIpc) is 2.38. The molecule has 0 heterocycles. The molecule has 112 valence electrons. The normalized spacial score (nSPS) is 13.2. The number of hydrogen-bond acceptors (Lipinski definition) is 1. The van der Waals surface area contributed by atoms with E-state index in [1.165, 1.54) is 28.8 Å². The van der Waals surface area contributed by atoms with Crippen LogP contribution in [0.1, 0.15) is 42.1 Å². The minimum absolute atomic E-state index is 0.136. The van der Waals surface area contributed by atoms with Crippen LogP contribution in [-0.2, 0) is 5.41 Å². The molecule has 0 saturated heterocycles. The maximum absolute atomic E-state index is 13.2. The number of rotatable bonds is 4. The molecule has 2 heteroatoms. The first-order valence-electron chi connectivity index (χ1n) is 7.36. The number of nitrogens with one attached hydrogen (secondary N) is 1. The summed E-state index contributed by atoms with van der Waals surface area (Å²) in [6.07, 6.45) is 0. The van der Waals surface area contributed by atoms with E-state index in [2.05, 4.69) is 51.2 Å². The topological polar surface area (TPSA) is 12.0 Å². The number of benzene rings is 2. The molecule has 2 aromatic rings. The van der Waals surface area contributed by atoms with Gasteiger partial charge in [-0.05, 0) is 44.2 Å². The molecule has 2 aromatic carbocycles. The molecule has 2 rings (SSSR count). The van der Waals surface area contributed by atoms with Gasteiger partial charge in [0.1, 0.15) is 5.82 Å². The molecule has 0 saturated carbocycles. The number of hydrogen-bond donors (Lipinski definition) is 1. The van der Waals surface area contributed by atoms with E-state index in [1.807, 2.05) is 19.2 Å². The maximum atomic E-state index is 13.2. The van der Waals surface area contributed by atoms with Gasteiger partial charge in [0, 0.05) is 11.5 Å². The molecule has 21 heavy (non-hydrogen) atoms. The van der Waals surface area contributed by atoms with Crippen molar-refractivity contribution in [3.05, 3.63) is 70.5 Å².